The van der Waals surface area contributed by atoms with Gasteiger partial charge in [-0.25, -0.2) is 4.39 Å². The van der Waals surface area contributed by atoms with E-state index in [2.05, 4.69) is 10.6 Å². The number of rotatable bonds is 5. The molecule has 0 atom stereocenters. The van der Waals surface area contributed by atoms with Gasteiger partial charge in [0.05, 0.1) is 5.56 Å². The fourth-order valence-corrected chi connectivity index (χ4v) is 2.02. The zero-order chi connectivity index (χ0) is 15.2. The Hall–Kier alpha value is -2.07. The van der Waals surface area contributed by atoms with Gasteiger partial charge in [0.1, 0.15) is 5.82 Å². The van der Waals surface area contributed by atoms with Gasteiger partial charge in [0.25, 0.3) is 5.91 Å². The van der Waals surface area contributed by atoms with Crippen LogP contribution >= 0.6 is 11.6 Å². The first-order valence-electron chi connectivity index (χ1n) is 6.70. The van der Waals surface area contributed by atoms with E-state index < -0.39 is 0 Å². The summed E-state index contributed by atoms with van der Waals surface area (Å²) < 4.78 is 12.9. The number of benzene rings is 2. The first kappa shape index (κ1) is 15.3. The monoisotopic (exact) mass is 306 g/mol. The Labute approximate surface area is 128 Å². The maximum Gasteiger partial charge on any atom is 0.257 e. The summed E-state index contributed by atoms with van der Waals surface area (Å²) in [4.78, 5) is 12.3. The molecule has 3 nitrogen and oxygen atoms in total. The number of anilines is 2. The number of halogens is 2. The average molecular weight is 307 g/mol. The highest BCUT2D eigenvalue weighted by Crippen LogP contribution is 2.22. The molecule has 2 rings (SSSR count). The molecule has 110 valence electrons. The van der Waals surface area contributed by atoms with E-state index in [1.165, 1.54) is 24.3 Å². The van der Waals surface area contributed by atoms with E-state index in [-0.39, 0.29) is 11.7 Å². The van der Waals surface area contributed by atoms with Gasteiger partial charge in [0.2, 0.25) is 0 Å². The Morgan fingerprint density at radius 1 is 1.19 bits per heavy atom. The van der Waals surface area contributed by atoms with Crippen LogP contribution in [0.1, 0.15) is 23.7 Å². The van der Waals surface area contributed by atoms with E-state index in [0.717, 1.165) is 18.7 Å². The molecule has 2 N–H and O–H groups in total. The molecule has 0 aliphatic carbocycles. The SMILES string of the molecule is CCCNc1ccc(Cl)cc1C(=O)Nc1ccc(F)cc1. The van der Waals surface area contributed by atoms with Gasteiger partial charge in [-0.05, 0) is 48.9 Å². The summed E-state index contributed by atoms with van der Waals surface area (Å²) in [5, 5.41) is 6.40. The largest absolute Gasteiger partial charge is 0.384 e. The number of amides is 1. The molecule has 0 radical (unpaired) electrons. The Morgan fingerprint density at radius 2 is 1.90 bits per heavy atom. The predicted octanol–water partition coefficient (Wildman–Crippen LogP) is 4.55. The van der Waals surface area contributed by atoms with Crippen molar-refractivity contribution in [3.8, 4) is 0 Å². The molecule has 21 heavy (non-hydrogen) atoms. The number of hydrogen-bond donors (Lipinski definition) is 2. The van der Waals surface area contributed by atoms with Crippen LogP contribution in [-0.2, 0) is 0 Å². The van der Waals surface area contributed by atoms with Crippen LogP contribution < -0.4 is 10.6 Å². The quantitative estimate of drug-likeness (QED) is 0.850. The minimum absolute atomic E-state index is 0.289. The van der Waals surface area contributed by atoms with Crippen molar-refractivity contribution in [2.24, 2.45) is 0 Å². The van der Waals surface area contributed by atoms with Crippen LogP contribution in [0.25, 0.3) is 0 Å². The van der Waals surface area contributed by atoms with Crippen LogP contribution in [0.4, 0.5) is 15.8 Å². The van der Waals surface area contributed by atoms with E-state index in [4.69, 9.17) is 11.6 Å². The summed E-state index contributed by atoms with van der Waals surface area (Å²) in [6.45, 7) is 2.81. The van der Waals surface area contributed by atoms with Crippen molar-refractivity contribution in [3.63, 3.8) is 0 Å². The number of nitrogens with one attached hydrogen (secondary N) is 2. The zero-order valence-electron chi connectivity index (χ0n) is 11.6. The summed E-state index contributed by atoms with van der Waals surface area (Å²) in [5.41, 5.74) is 1.71. The Morgan fingerprint density at radius 3 is 2.57 bits per heavy atom. The topological polar surface area (TPSA) is 41.1 Å². The predicted molar refractivity (Wildman–Crippen MR) is 84.6 cm³/mol. The molecule has 0 aliphatic rings. The molecule has 2 aromatic carbocycles. The normalized spacial score (nSPS) is 10.2. The van der Waals surface area contributed by atoms with Crippen LogP contribution in [0, 0.1) is 5.82 Å². The minimum atomic E-state index is -0.346. The van der Waals surface area contributed by atoms with E-state index in [9.17, 15) is 9.18 Å². The van der Waals surface area contributed by atoms with Gasteiger partial charge in [-0.15, -0.1) is 0 Å². The fourth-order valence-electron chi connectivity index (χ4n) is 1.85. The Balaban J connectivity index is 2.20. The van der Waals surface area contributed by atoms with Gasteiger partial charge >= 0.3 is 0 Å². The Kier molecular flexibility index (Phi) is 5.17. The van der Waals surface area contributed by atoms with Gasteiger partial charge < -0.3 is 10.6 Å². The molecule has 0 saturated heterocycles. The summed E-state index contributed by atoms with van der Waals surface area (Å²) in [5.74, 6) is -0.635. The second kappa shape index (κ2) is 7.09. The lowest BCUT2D eigenvalue weighted by Gasteiger charge is -2.12. The second-order valence-electron chi connectivity index (χ2n) is 4.58. The second-order valence-corrected chi connectivity index (χ2v) is 5.01. The molecular formula is C16H16ClFN2O. The average Bonchev–Trinajstić information content (AvgIpc) is 2.48. The van der Waals surface area contributed by atoms with Crippen molar-refractivity contribution in [2.45, 2.75) is 13.3 Å². The molecule has 1 amide bonds. The first-order chi connectivity index (χ1) is 10.1. The van der Waals surface area contributed by atoms with Crippen LogP contribution in [0.3, 0.4) is 0 Å². The van der Waals surface area contributed by atoms with Crippen LogP contribution in [0.15, 0.2) is 42.5 Å². The van der Waals surface area contributed by atoms with Crippen LogP contribution in [0.2, 0.25) is 5.02 Å². The molecule has 0 heterocycles. The molecule has 2 aromatic rings. The maximum absolute atomic E-state index is 12.9. The van der Waals surface area contributed by atoms with Crippen molar-refractivity contribution in [1.29, 1.82) is 0 Å². The van der Waals surface area contributed by atoms with Crippen molar-refractivity contribution >= 4 is 28.9 Å². The molecule has 5 heteroatoms. The first-order valence-corrected chi connectivity index (χ1v) is 7.08. The van der Waals surface area contributed by atoms with E-state index >= 15 is 0 Å². The summed E-state index contributed by atoms with van der Waals surface area (Å²) in [7, 11) is 0. The van der Waals surface area contributed by atoms with Gasteiger partial charge in [0.15, 0.2) is 0 Å². The molecule has 0 aliphatic heterocycles. The standard InChI is InChI=1S/C16H16ClFN2O/c1-2-9-19-15-8-3-11(17)10-14(15)16(21)20-13-6-4-12(18)5-7-13/h3-8,10,19H,2,9H2,1H3,(H,20,21). The third kappa shape index (κ3) is 4.20. The molecular weight excluding hydrogens is 291 g/mol. The third-order valence-electron chi connectivity index (χ3n) is 2.89. The highest BCUT2D eigenvalue weighted by Gasteiger charge is 2.12. The molecule has 0 fully saturated rings. The van der Waals surface area contributed by atoms with Crippen molar-refractivity contribution in [2.75, 3.05) is 17.2 Å². The fraction of sp³-hybridized carbons (Fsp3) is 0.188. The highest BCUT2D eigenvalue weighted by molar-refractivity contribution is 6.31. The van der Waals surface area contributed by atoms with Crippen LogP contribution in [0.5, 0.6) is 0 Å². The molecule has 0 spiro atoms. The minimum Gasteiger partial charge on any atom is -0.384 e. The van der Waals surface area contributed by atoms with Crippen molar-refractivity contribution in [1.82, 2.24) is 0 Å². The number of carbonyl (C=O) groups excluding carboxylic acids is 1. The molecule has 0 bridgehead atoms. The smallest absolute Gasteiger partial charge is 0.257 e. The number of hydrogen-bond acceptors (Lipinski definition) is 2. The van der Waals surface area contributed by atoms with Crippen molar-refractivity contribution < 1.29 is 9.18 Å². The van der Waals surface area contributed by atoms with Gasteiger partial charge in [-0.1, -0.05) is 18.5 Å². The highest BCUT2D eigenvalue weighted by atomic mass is 35.5. The molecule has 0 aromatic heterocycles. The van der Waals surface area contributed by atoms with E-state index in [1.807, 2.05) is 6.92 Å². The number of carbonyl (C=O) groups is 1. The lowest BCUT2D eigenvalue weighted by atomic mass is 10.1. The summed E-state index contributed by atoms with van der Waals surface area (Å²) in [6.07, 6.45) is 0.946. The van der Waals surface area contributed by atoms with Gasteiger partial charge in [0, 0.05) is 22.9 Å². The zero-order valence-corrected chi connectivity index (χ0v) is 12.4. The van der Waals surface area contributed by atoms with Crippen LogP contribution in [-0.4, -0.2) is 12.5 Å². The van der Waals surface area contributed by atoms with E-state index in [1.54, 1.807) is 18.2 Å². The molecule has 0 saturated carbocycles. The maximum atomic E-state index is 12.9. The summed E-state index contributed by atoms with van der Waals surface area (Å²) in [6, 6.07) is 10.7. The van der Waals surface area contributed by atoms with Crippen molar-refractivity contribution in [3.05, 3.63) is 58.9 Å². The van der Waals surface area contributed by atoms with E-state index in [0.29, 0.717) is 16.3 Å². The lowest BCUT2D eigenvalue weighted by Crippen LogP contribution is -2.15. The lowest BCUT2D eigenvalue weighted by molar-refractivity contribution is 0.102. The molecule has 0 unspecified atom stereocenters. The summed E-state index contributed by atoms with van der Waals surface area (Å²) >= 11 is 5.96. The van der Waals surface area contributed by atoms with Gasteiger partial charge in [-0.3, -0.25) is 4.79 Å². The third-order valence-corrected chi connectivity index (χ3v) is 3.13. The Bertz CT molecular complexity index is 629. The van der Waals surface area contributed by atoms with Gasteiger partial charge in [-0.2, -0.15) is 0 Å².